The van der Waals surface area contributed by atoms with Crippen molar-refractivity contribution in [2.24, 2.45) is 4.99 Å². The van der Waals surface area contributed by atoms with Gasteiger partial charge in [0, 0.05) is 5.71 Å². The molecular formula is C14H19N. The zero-order valence-electron chi connectivity index (χ0n) is 9.83. The molecule has 15 heavy (non-hydrogen) atoms. The van der Waals surface area contributed by atoms with Gasteiger partial charge in [0.1, 0.15) is 0 Å². The summed E-state index contributed by atoms with van der Waals surface area (Å²) in [6, 6.07) is 10.3. The van der Waals surface area contributed by atoms with Crippen LogP contribution in [0.25, 0.3) is 0 Å². The molecule has 1 aromatic rings. The number of rotatable bonds is 4. The van der Waals surface area contributed by atoms with E-state index in [0.29, 0.717) is 0 Å². The molecule has 0 spiro atoms. The van der Waals surface area contributed by atoms with Gasteiger partial charge in [0.15, 0.2) is 0 Å². The van der Waals surface area contributed by atoms with Crippen LogP contribution in [0.2, 0.25) is 0 Å². The zero-order valence-corrected chi connectivity index (χ0v) is 9.83. The molecule has 0 bridgehead atoms. The summed E-state index contributed by atoms with van der Waals surface area (Å²) in [5.74, 6) is 0. The van der Waals surface area contributed by atoms with Crippen LogP contribution in [-0.2, 0) is 6.54 Å². The largest absolute Gasteiger partial charge is 0.285 e. The van der Waals surface area contributed by atoms with Gasteiger partial charge >= 0.3 is 0 Å². The Balaban J connectivity index is 2.62. The molecule has 0 radical (unpaired) electrons. The van der Waals surface area contributed by atoms with E-state index in [4.69, 9.17) is 0 Å². The van der Waals surface area contributed by atoms with Crippen molar-refractivity contribution < 1.29 is 0 Å². The van der Waals surface area contributed by atoms with Crippen LogP contribution in [0.15, 0.2) is 47.0 Å². The minimum absolute atomic E-state index is 0.779. The maximum absolute atomic E-state index is 4.56. The van der Waals surface area contributed by atoms with E-state index in [1.54, 1.807) is 0 Å². The van der Waals surface area contributed by atoms with Crippen LogP contribution in [-0.4, -0.2) is 5.71 Å². The van der Waals surface area contributed by atoms with E-state index in [0.717, 1.165) is 18.7 Å². The number of hydrogen-bond acceptors (Lipinski definition) is 1. The Morgan fingerprint density at radius 1 is 1.20 bits per heavy atom. The van der Waals surface area contributed by atoms with E-state index < -0.39 is 0 Å². The monoisotopic (exact) mass is 201 g/mol. The first kappa shape index (κ1) is 11.7. The second kappa shape index (κ2) is 6.18. The fourth-order valence-corrected chi connectivity index (χ4v) is 1.37. The van der Waals surface area contributed by atoms with Crippen molar-refractivity contribution in [3.8, 4) is 0 Å². The molecule has 1 aromatic carbocycles. The molecule has 0 aliphatic carbocycles. The molecule has 1 heteroatoms. The Morgan fingerprint density at radius 2 is 1.87 bits per heavy atom. The first-order chi connectivity index (χ1) is 7.24. The van der Waals surface area contributed by atoms with Crippen molar-refractivity contribution in [3.63, 3.8) is 0 Å². The van der Waals surface area contributed by atoms with Crippen LogP contribution in [0.3, 0.4) is 0 Å². The quantitative estimate of drug-likeness (QED) is 0.653. The zero-order chi connectivity index (χ0) is 11.1. The second-order valence-electron chi connectivity index (χ2n) is 3.68. The summed E-state index contributed by atoms with van der Waals surface area (Å²) in [5, 5.41) is 0. The van der Waals surface area contributed by atoms with Gasteiger partial charge in [-0.05, 0) is 31.4 Å². The first-order valence-corrected chi connectivity index (χ1v) is 5.46. The predicted octanol–water partition coefficient (Wildman–Crippen LogP) is 4.00. The van der Waals surface area contributed by atoms with Crippen LogP contribution in [0.1, 0.15) is 32.8 Å². The SMILES string of the molecule is CC/C=C(\C)C(C)=NCc1ccccc1. The van der Waals surface area contributed by atoms with Gasteiger partial charge in [0.25, 0.3) is 0 Å². The Bertz CT molecular complexity index is 347. The number of hydrogen-bond donors (Lipinski definition) is 0. The molecule has 0 N–H and O–H groups in total. The molecule has 0 aromatic heterocycles. The number of nitrogens with zero attached hydrogens (tertiary/aromatic N) is 1. The Kier molecular flexibility index (Phi) is 4.82. The minimum atomic E-state index is 0.779. The molecule has 80 valence electrons. The lowest BCUT2D eigenvalue weighted by Crippen LogP contribution is -1.94. The summed E-state index contributed by atoms with van der Waals surface area (Å²) >= 11 is 0. The van der Waals surface area contributed by atoms with Gasteiger partial charge in [-0.1, -0.05) is 43.3 Å². The molecule has 0 heterocycles. The molecule has 0 saturated heterocycles. The van der Waals surface area contributed by atoms with E-state index >= 15 is 0 Å². The summed E-state index contributed by atoms with van der Waals surface area (Å²) in [7, 11) is 0. The molecule has 0 saturated carbocycles. The summed E-state index contributed by atoms with van der Waals surface area (Å²) in [6.45, 7) is 7.12. The van der Waals surface area contributed by atoms with Crippen molar-refractivity contribution in [2.45, 2.75) is 33.7 Å². The van der Waals surface area contributed by atoms with Gasteiger partial charge in [-0.2, -0.15) is 0 Å². The summed E-state index contributed by atoms with van der Waals surface area (Å²) < 4.78 is 0. The highest BCUT2D eigenvalue weighted by molar-refractivity contribution is 5.97. The van der Waals surface area contributed by atoms with E-state index in [1.807, 2.05) is 6.07 Å². The van der Waals surface area contributed by atoms with Gasteiger partial charge in [0.05, 0.1) is 6.54 Å². The average molecular weight is 201 g/mol. The van der Waals surface area contributed by atoms with Crippen molar-refractivity contribution >= 4 is 5.71 Å². The number of aliphatic imine (C=N–C) groups is 1. The lowest BCUT2D eigenvalue weighted by Gasteiger charge is -2.01. The van der Waals surface area contributed by atoms with Gasteiger partial charge in [-0.25, -0.2) is 0 Å². The fraction of sp³-hybridized carbons (Fsp3) is 0.357. The Morgan fingerprint density at radius 3 is 2.47 bits per heavy atom. The predicted molar refractivity (Wildman–Crippen MR) is 67.3 cm³/mol. The van der Waals surface area contributed by atoms with Crippen molar-refractivity contribution in [2.75, 3.05) is 0 Å². The van der Waals surface area contributed by atoms with Crippen LogP contribution >= 0.6 is 0 Å². The lowest BCUT2D eigenvalue weighted by atomic mass is 10.1. The third kappa shape index (κ3) is 4.11. The summed E-state index contributed by atoms with van der Waals surface area (Å²) in [4.78, 5) is 4.56. The molecule has 0 aliphatic heterocycles. The molecule has 1 rings (SSSR count). The lowest BCUT2D eigenvalue weighted by molar-refractivity contribution is 1.06. The van der Waals surface area contributed by atoms with Crippen LogP contribution in [0.5, 0.6) is 0 Å². The molecular weight excluding hydrogens is 182 g/mol. The number of allylic oxidation sites excluding steroid dienone is 2. The van der Waals surface area contributed by atoms with Gasteiger partial charge in [-0.3, -0.25) is 4.99 Å². The van der Waals surface area contributed by atoms with Crippen molar-refractivity contribution in [1.82, 2.24) is 0 Å². The number of benzene rings is 1. The molecule has 0 atom stereocenters. The minimum Gasteiger partial charge on any atom is -0.285 e. The molecule has 0 fully saturated rings. The van der Waals surface area contributed by atoms with E-state index in [2.05, 4.69) is 56.1 Å². The van der Waals surface area contributed by atoms with Crippen LogP contribution in [0.4, 0.5) is 0 Å². The van der Waals surface area contributed by atoms with E-state index in [1.165, 1.54) is 11.1 Å². The standard InChI is InChI=1S/C14H19N/c1-4-8-12(2)13(3)15-11-14-9-6-5-7-10-14/h5-10H,4,11H2,1-3H3/b12-8+,15-13?. The summed E-state index contributed by atoms with van der Waals surface area (Å²) in [5.41, 5.74) is 3.69. The van der Waals surface area contributed by atoms with Gasteiger partial charge < -0.3 is 0 Å². The average Bonchev–Trinajstić information content (AvgIpc) is 2.27. The third-order valence-corrected chi connectivity index (χ3v) is 2.42. The molecule has 1 nitrogen and oxygen atoms in total. The smallest absolute Gasteiger partial charge is 0.0643 e. The van der Waals surface area contributed by atoms with Crippen LogP contribution < -0.4 is 0 Å². The first-order valence-electron chi connectivity index (χ1n) is 5.46. The van der Waals surface area contributed by atoms with Crippen LogP contribution in [0, 0.1) is 0 Å². The topological polar surface area (TPSA) is 12.4 Å². The maximum atomic E-state index is 4.56. The maximum Gasteiger partial charge on any atom is 0.0643 e. The fourth-order valence-electron chi connectivity index (χ4n) is 1.37. The second-order valence-corrected chi connectivity index (χ2v) is 3.68. The third-order valence-electron chi connectivity index (χ3n) is 2.42. The van der Waals surface area contributed by atoms with Gasteiger partial charge in [0.2, 0.25) is 0 Å². The summed E-state index contributed by atoms with van der Waals surface area (Å²) in [6.07, 6.45) is 3.29. The molecule has 0 unspecified atom stereocenters. The van der Waals surface area contributed by atoms with E-state index in [9.17, 15) is 0 Å². The Hall–Kier alpha value is -1.37. The van der Waals surface area contributed by atoms with Crippen molar-refractivity contribution in [3.05, 3.63) is 47.5 Å². The molecule has 0 amide bonds. The normalized spacial score (nSPS) is 13.0. The highest BCUT2D eigenvalue weighted by Crippen LogP contribution is 2.04. The Labute approximate surface area is 92.6 Å². The van der Waals surface area contributed by atoms with Gasteiger partial charge in [-0.15, -0.1) is 0 Å². The van der Waals surface area contributed by atoms with E-state index in [-0.39, 0.29) is 0 Å². The highest BCUT2D eigenvalue weighted by atomic mass is 14.7. The van der Waals surface area contributed by atoms with Crippen molar-refractivity contribution in [1.29, 1.82) is 0 Å². The molecule has 0 aliphatic rings. The highest BCUT2D eigenvalue weighted by Gasteiger charge is 1.94.